The lowest BCUT2D eigenvalue weighted by Gasteiger charge is -2.20. The Balaban J connectivity index is 2.12. The first kappa shape index (κ1) is 11.3. The summed E-state index contributed by atoms with van der Waals surface area (Å²) in [6, 6.07) is 9.37. The average molecular weight is 242 g/mol. The fraction of sp³-hybridized carbons (Fsp3) is 0.286. The van der Waals surface area contributed by atoms with Crippen molar-refractivity contribution >= 4 is 16.7 Å². The van der Waals surface area contributed by atoms with E-state index >= 15 is 0 Å². The predicted molar refractivity (Wildman–Crippen MR) is 68.4 cm³/mol. The second-order valence-electron chi connectivity index (χ2n) is 4.67. The largest absolute Gasteiger partial charge is 0.379 e. The molecule has 1 unspecified atom stereocenters. The van der Waals surface area contributed by atoms with Crippen molar-refractivity contribution in [2.24, 2.45) is 5.73 Å². The third-order valence-electron chi connectivity index (χ3n) is 3.38. The summed E-state index contributed by atoms with van der Waals surface area (Å²) in [6.07, 6.45) is 2.25. The summed E-state index contributed by atoms with van der Waals surface area (Å²) in [5.41, 5.74) is 6.52. The number of hydrogen-bond donors (Lipinski definition) is 1. The van der Waals surface area contributed by atoms with Gasteiger partial charge in [-0.1, -0.05) is 18.2 Å². The minimum absolute atomic E-state index is 0.0794. The number of ketones is 1. The summed E-state index contributed by atoms with van der Waals surface area (Å²) in [5.74, 6) is -0.0794. The van der Waals surface area contributed by atoms with Gasteiger partial charge in [0.15, 0.2) is 5.78 Å². The Bertz CT molecular complexity index is 598. The number of benzene rings is 1. The van der Waals surface area contributed by atoms with Gasteiger partial charge in [-0.05, 0) is 18.6 Å². The number of carbonyl (C=O) groups excluding carboxylic acids is 1. The number of fused-ring (bicyclic) bond motifs is 1. The molecule has 18 heavy (non-hydrogen) atoms. The zero-order valence-corrected chi connectivity index (χ0v) is 9.93. The summed E-state index contributed by atoms with van der Waals surface area (Å²) < 4.78 is 5.25. The number of Topliss-reactive ketones (excluding diaryl/α,β-unsaturated/α-hetero) is 1. The summed E-state index contributed by atoms with van der Waals surface area (Å²) in [6.45, 7) is 0.829. The number of nitrogens with two attached hydrogens (primary N) is 1. The van der Waals surface area contributed by atoms with Crippen LogP contribution >= 0.6 is 0 Å². The van der Waals surface area contributed by atoms with Crippen molar-refractivity contribution < 1.29 is 9.53 Å². The van der Waals surface area contributed by atoms with Crippen molar-refractivity contribution in [1.29, 1.82) is 0 Å². The summed E-state index contributed by atoms with van der Waals surface area (Å²) in [5, 5.41) is 0.950. The summed E-state index contributed by atoms with van der Waals surface area (Å²) in [4.78, 5) is 16.8. The lowest BCUT2D eigenvalue weighted by Crippen LogP contribution is -2.48. The Morgan fingerprint density at radius 3 is 2.94 bits per heavy atom. The minimum Gasteiger partial charge on any atom is -0.379 e. The Morgan fingerprint density at radius 1 is 1.33 bits per heavy atom. The van der Waals surface area contributed by atoms with Gasteiger partial charge in [-0.25, -0.2) is 0 Å². The molecule has 1 saturated heterocycles. The van der Waals surface area contributed by atoms with Crippen molar-refractivity contribution in [3.05, 3.63) is 42.1 Å². The lowest BCUT2D eigenvalue weighted by molar-refractivity contribution is 0.0864. The van der Waals surface area contributed by atoms with Crippen molar-refractivity contribution in [3.63, 3.8) is 0 Å². The molecule has 1 fully saturated rings. The van der Waals surface area contributed by atoms with Crippen LogP contribution in [0.1, 0.15) is 16.8 Å². The predicted octanol–water partition coefficient (Wildman–Crippen LogP) is 1.54. The number of hydrogen-bond acceptors (Lipinski definition) is 4. The van der Waals surface area contributed by atoms with Gasteiger partial charge in [0.05, 0.1) is 12.1 Å². The van der Waals surface area contributed by atoms with Gasteiger partial charge >= 0.3 is 0 Å². The number of nitrogens with zero attached hydrogens (tertiary/aromatic N) is 1. The molecule has 1 aliphatic heterocycles. The van der Waals surface area contributed by atoms with E-state index in [1.165, 1.54) is 0 Å². The van der Waals surface area contributed by atoms with Gasteiger partial charge in [0.1, 0.15) is 5.54 Å². The smallest absolute Gasteiger partial charge is 0.187 e. The standard InChI is InChI=1S/C14H14N2O2/c15-14(6-8-18-9-14)13(17)11-5-1-3-10-4-2-7-16-12(10)11/h1-5,7H,6,8-9,15H2. The summed E-state index contributed by atoms with van der Waals surface area (Å²) >= 11 is 0. The van der Waals surface area contributed by atoms with E-state index in [4.69, 9.17) is 10.5 Å². The second-order valence-corrected chi connectivity index (χ2v) is 4.67. The zero-order valence-electron chi connectivity index (χ0n) is 9.93. The number of ether oxygens (including phenoxy) is 1. The summed E-state index contributed by atoms with van der Waals surface area (Å²) in [7, 11) is 0. The first-order valence-electron chi connectivity index (χ1n) is 5.96. The molecule has 92 valence electrons. The number of rotatable bonds is 2. The Kier molecular flexibility index (Phi) is 2.61. The highest BCUT2D eigenvalue weighted by Gasteiger charge is 2.39. The molecule has 4 heteroatoms. The molecule has 2 N–H and O–H groups in total. The van der Waals surface area contributed by atoms with Crippen LogP contribution in [-0.4, -0.2) is 29.5 Å². The number of pyridine rings is 1. The van der Waals surface area contributed by atoms with Crippen LogP contribution in [0.4, 0.5) is 0 Å². The first-order chi connectivity index (χ1) is 8.71. The molecule has 1 aromatic carbocycles. The molecule has 0 aliphatic carbocycles. The van der Waals surface area contributed by atoms with E-state index in [-0.39, 0.29) is 12.4 Å². The van der Waals surface area contributed by atoms with E-state index in [1.807, 2.05) is 24.3 Å². The zero-order chi connectivity index (χ0) is 12.6. The van der Waals surface area contributed by atoms with Gasteiger partial charge in [0, 0.05) is 23.8 Å². The molecular weight excluding hydrogens is 228 g/mol. The maximum Gasteiger partial charge on any atom is 0.187 e. The van der Waals surface area contributed by atoms with E-state index < -0.39 is 5.54 Å². The van der Waals surface area contributed by atoms with Crippen LogP contribution in [0.25, 0.3) is 10.9 Å². The highest BCUT2D eigenvalue weighted by molar-refractivity contribution is 6.11. The van der Waals surface area contributed by atoms with E-state index in [1.54, 1.807) is 12.3 Å². The molecule has 0 amide bonds. The van der Waals surface area contributed by atoms with E-state index in [0.29, 0.717) is 24.1 Å². The Labute approximate surface area is 105 Å². The van der Waals surface area contributed by atoms with Gasteiger partial charge in [0.25, 0.3) is 0 Å². The van der Waals surface area contributed by atoms with Gasteiger partial charge in [-0.15, -0.1) is 0 Å². The molecule has 3 rings (SSSR count). The lowest BCUT2D eigenvalue weighted by atomic mass is 9.88. The molecule has 2 aromatic rings. The molecule has 1 atom stereocenters. The van der Waals surface area contributed by atoms with Crippen LogP contribution in [0.3, 0.4) is 0 Å². The molecule has 1 aliphatic rings. The van der Waals surface area contributed by atoms with E-state index in [2.05, 4.69) is 4.98 Å². The van der Waals surface area contributed by atoms with Crippen LogP contribution in [0, 0.1) is 0 Å². The van der Waals surface area contributed by atoms with Crippen molar-refractivity contribution in [2.75, 3.05) is 13.2 Å². The van der Waals surface area contributed by atoms with Gasteiger partial charge in [0.2, 0.25) is 0 Å². The van der Waals surface area contributed by atoms with Crippen molar-refractivity contribution in [3.8, 4) is 0 Å². The molecule has 0 bridgehead atoms. The van der Waals surface area contributed by atoms with Crippen LogP contribution in [0.15, 0.2) is 36.5 Å². The monoisotopic (exact) mass is 242 g/mol. The van der Waals surface area contributed by atoms with E-state index in [0.717, 1.165) is 5.39 Å². The molecule has 4 nitrogen and oxygen atoms in total. The minimum atomic E-state index is -0.897. The molecule has 2 heterocycles. The van der Waals surface area contributed by atoms with Crippen molar-refractivity contribution in [1.82, 2.24) is 4.98 Å². The highest BCUT2D eigenvalue weighted by Crippen LogP contribution is 2.25. The normalized spacial score (nSPS) is 23.4. The van der Waals surface area contributed by atoms with Gasteiger partial charge < -0.3 is 10.5 Å². The Hall–Kier alpha value is -1.78. The van der Waals surface area contributed by atoms with Crippen molar-refractivity contribution in [2.45, 2.75) is 12.0 Å². The van der Waals surface area contributed by atoms with Crippen LogP contribution < -0.4 is 5.73 Å². The second kappa shape index (κ2) is 4.15. The quantitative estimate of drug-likeness (QED) is 0.811. The Morgan fingerprint density at radius 2 is 2.17 bits per heavy atom. The SMILES string of the molecule is NC1(C(=O)c2cccc3cccnc23)CCOC1. The number of para-hydroxylation sites is 1. The average Bonchev–Trinajstić information content (AvgIpc) is 2.85. The molecule has 0 saturated carbocycles. The van der Waals surface area contributed by atoms with E-state index in [9.17, 15) is 4.79 Å². The fourth-order valence-corrected chi connectivity index (χ4v) is 2.32. The van der Waals surface area contributed by atoms with Crippen LogP contribution in [0.5, 0.6) is 0 Å². The third kappa shape index (κ3) is 1.70. The molecular formula is C14H14N2O2. The topological polar surface area (TPSA) is 65.2 Å². The third-order valence-corrected chi connectivity index (χ3v) is 3.38. The first-order valence-corrected chi connectivity index (χ1v) is 5.96. The maximum atomic E-state index is 12.5. The maximum absolute atomic E-state index is 12.5. The number of carbonyl (C=O) groups is 1. The molecule has 1 aromatic heterocycles. The fourth-order valence-electron chi connectivity index (χ4n) is 2.32. The number of aromatic nitrogens is 1. The van der Waals surface area contributed by atoms with Gasteiger partial charge in [-0.2, -0.15) is 0 Å². The highest BCUT2D eigenvalue weighted by atomic mass is 16.5. The molecule has 0 spiro atoms. The van der Waals surface area contributed by atoms with Crippen LogP contribution in [0.2, 0.25) is 0 Å². The van der Waals surface area contributed by atoms with Gasteiger partial charge in [-0.3, -0.25) is 9.78 Å². The molecule has 0 radical (unpaired) electrons. The van der Waals surface area contributed by atoms with Crippen LogP contribution in [-0.2, 0) is 4.74 Å².